The number of amides is 1. The molecule has 116 valence electrons. The Morgan fingerprint density at radius 1 is 1.38 bits per heavy atom. The smallest absolute Gasteiger partial charge is 0.282 e. The largest absolute Gasteiger partial charge is 0.385 e. The molecule has 0 fully saturated rings. The highest BCUT2D eigenvalue weighted by Gasteiger charge is 2.20. The van der Waals surface area contributed by atoms with Gasteiger partial charge in [-0.05, 0) is 46.1 Å². The molecule has 0 saturated carbocycles. The zero-order valence-corrected chi connectivity index (χ0v) is 12.7. The van der Waals surface area contributed by atoms with Crippen LogP contribution in [0.5, 0.6) is 0 Å². The molecule has 0 radical (unpaired) electrons. The second kappa shape index (κ2) is 8.21. The third kappa shape index (κ3) is 5.39. The first kappa shape index (κ1) is 16.9. The lowest BCUT2D eigenvalue weighted by molar-refractivity contribution is -0.385. The quantitative estimate of drug-likeness (QED) is 0.433. The van der Waals surface area contributed by atoms with Gasteiger partial charge >= 0.3 is 0 Å². The summed E-state index contributed by atoms with van der Waals surface area (Å²) in [6, 6.07) is 4.47. The Morgan fingerprint density at radius 2 is 2.10 bits per heavy atom. The van der Waals surface area contributed by atoms with Crippen molar-refractivity contribution in [1.82, 2.24) is 10.2 Å². The predicted octanol–water partition coefficient (Wildman–Crippen LogP) is 1.71. The van der Waals surface area contributed by atoms with Gasteiger partial charge in [0, 0.05) is 24.8 Å². The summed E-state index contributed by atoms with van der Waals surface area (Å²) in [6.07, 6.45) is 0.791. The number of anilines is 1. The van der Waals surface area contributed by atoms with Crippen molar-refractivity contribution in [1.29, 1.82) is 0 Å². The van der Waals surface area contributed by atoms with Gasteiger partial charge in [0.25, 0.3) is 11.6 Å². The Hall–Kier alpha value is -2.15. The average Bonchev–Trinajstić information content (AvgIpc) is 2.43. The van der Waals surface area contributed by atoms with E-state index in [2.05, 4.69) is 10.6 Å². The van der Waals surface area contributed by atoms with Crippen molar-refractivity contribution < 1.29 is 9.72 Å². The lowest BCUT2D eigenvalue weighted by Crippen LogP contribution is -2.27. The lowest BCUT2D eigenvalue weighted by Gasteiger charge is -2.11. The Bertz CT molecular complexity index is 503. The van der Waals surface area contributed by atoms with E-state index in [4.69, 9.17) is 0 Å². The number of nitro groups is 1. The van der Waals surface area contributed by atoms with Crippen LogP contribution in [0.15, 0.2) is 18.2 Å². The van der Waals surface area contributed by atoms with Gasteiger partial charge in [0.05, 0.1) is 4.92 Å². The molecule has 0 aromatic heterocycles. The number of nitrogens with one attached hydrogen (secondary N) is 2. The van der Waals surface area contributed by atoms with E-state index in [1.54, 1.807) is 6.07 Å². The van der Waals surface area contributed by atoms with Gasteiger partial charge in [0.1, 0.15) is 5.56 Å². The summed E-state index contributed by atoms with van der Waals surface area (Å²) in [5, 5.41) is 16.8. The van der Waals surface area contributed by atoms with Crippen LogP contribution in [0.3, 0.4) is 0 Å². The maximum absolute atomic E-state index is 12.1. The molecule has 0 aliphatic rings. The van der Waals surface area contributed by atoms with E-state index in [1.165, 1.54) is 12.1 Å². The Kier molecular flexibility index (Phi) is 6.61. The Labute approximate surface area is 124 Å². The highest BCUT2D eigenvalue weighted by atomic mass is 16.6. The number of nitrogens with zero attached hydrogens (tertiary/aromatic N) is 2. The highest BCUT2D eigenvalue weighted by Crippen LogP contribution is 2.22. The molecule has 0 aliphatic carbocycles. The minimum absolute atomic E-state index is 0.0864. The van der Waals surface area contributed by atoms with E-state index in [-0.39, 0.29) is 11.3 Å². The number of carbonyl (C=O) groups excluding carboxylic acids is 1. The summed E-state index contributed by atoms with van der Waals surface area (Å²) >= 11 is 0. The Balaban J connectivity index is 2.79. The van der Waals surface area contributed by atoms with Gasteiger partial charge in [-0.15, -0.1) is 0 Å². The molecular formula is C14H22N4O3. The van der Waals surface area contributed by atoms with Gasteiger partial charge in [0.2, 0.25) is 0 Å². The molecule has 2 N–H and O–H groups in total. The minimum Gasteiger partial charge on any atom is -0.385 e. The van der Waals surface area contributed by atoms with Crippen LogP contribution < -0.4 is 10.6 Å². The van der Waals surface area contributed by atoms with Crippen LogP contribution in [0.4, 0.5) is 11.4 Å². The van der Waals surface area contributed by atoms with E-state index in [0.717, 1.165) is 13.0 Å². The molecule has 0 heterocycles. The van der Waals surface area contributed by atoms with Crippen LogP contribution in [0.25, 0.3) is 0 Å². The normalized spacial score (nSPS) is 10.5. The van der Waals surface area contributed by atoms with E-state index in [9.17, 15) is 14.9 Å². The fourth-order valence-corrected chi connectivity index (χ4v) is 1.88. The number of nitro benzene ring substituents is 1. The standard InChI is InChI=1S/C14H22N4O3/c1-4-15-11-6-7-13(18(20)21)12(10-11)14(19)16-8-5-9-17(2)3/h6-7,10,15H,4-5,8-9H2,1-3H3,(H,16,19). The molecule has 0 aliphatic heterocycles. The van der Waals surface area contributed by atoms with Gasteiger partial charge in [0.15, 0.2) is 0 Å². The topological polar surface area (TPSA) is 87.5 Å². The number of carbonyl (C=O) groups is 1. The van der Waals surface area contributed by atoms with E-state index < -0.39 is 10.8 Å². The van der Waals surface area contributed by atoms with Crippen molar-refractivity contribution in [3.05, 3.63) is 33.9 Å². The summed E-state index contributed by atoms with van der Waals surface area (Å²) in [7, 11) is 3.90. The molecule has 1 amide bonds. The third-order valence-electron chi connectivity index (χ3n) is 2.89. The zero-order valence-electron chi connectivity index (χ0n) is 12.7. The molecule has 1 aromatic carbocycles. The van der Waals surface area contributed by atoms with Crippen LogP contribution in [0.2, 0.25) is 0 Å². The van der Waals surface area contributed by atoms with E-state index >= 15 is 0 Å². The van der Waals surface area contributed by atoms with Crippen LogP contribution in [0, 0.1) is 10.1 Å². The second-order valence-corrected chi connectivity index (χ2v) is 4.93. The summed E-state index contributed by atoms with van der Waals surface area (Å²) < 4.78 is 0. The summed E-state index contributed by atoms with van der Waals surface area (Å²) in [6.45, 7) is 3.93. The van der Waals surface area contributed by atoms with Gasteiger partial charge in [-0.2, -0.15) is 0 Å². The molecule has 0 atom stereocenters. The molecule has 0 unspecified atom stereocenters. The molecule has 0 spiro atoms. The molecule has 0 saturated heterocycles. The highest BCUT2D eigenvalue weighted by molar-refractivity contribution is 5.99. The van der Waals surface area contributed by atoms with Crippen molar-refractivity contribution in [3.63, 3.8) is 0 Å². The average molecular weight is 294 g/mol. The maximum atomic E-state index is 12.1. The Morgan fingerprint density at radius 3 is 2.67 bits per heavy atom. The van der Waals surface area contributed by atoms with E-state index in [1.807, 2.05) is 25.9 Å². The third-order valence-corrected chi connectivity index (χ3v) is 2.89. The van der Waals surface area contributed by atoms with Crippen molar-refractivity contribution in [2.45, 2.75) is 13.3 Å². The molecule has 0 bridgehead atoms. The molecule has 7 heteroatoms. The fraction of sp³-hybridized carbons (Fsp3) is 0.500. The minimum atomic E-state index is -0.537. The van der Waals surface area contributed by atoms with Crippen molar-refractivity contribution in [3.8, 4) is 0 Å². The molecule has 1 rings (SSSR count). The lowest BCUT2D eigenvalue weighted by atomic mass is 10.1. The number of hydrogen-bond acceptors (Lipinski definition) is 5. The molecule has 21 heavy (non-hydrogen) atoms. The first-order valence-electron chi connectivity index (χ1n) is 6.91. The van der Waals surface area contributed by atoms with Crippen LogP contribution >= 0.6 is 0 Å². The second-order valence-electron chi connectivity index (χ2n) is 4.93. The predicted molar refractivity (Wildman–Crippen MR) is 82.8 cm³/mol. The van der Waals surface area contributed by atoms with Crippen molar-refractivity contribution in [2.24, 2.45) is 0 Å². The number of rotatable bonds is 8. The first-order valence-corrected chi connectivity index (χ1v) is 6.91. The van der Waals surface area contributed by atoms with E-state index in [0.29, 0.717) is 18.8 Å². The molecule has 1 aromatic rings. The SMILES string of the molecule is CCNc1ccc([N+](=O)[O-])c(C(=O)NCCCN(C)C)c1. The van der Waals surface area contributed by atoms with Crippen LogP contribution in [-0.4, -0.2) is 49.5 Å². The number of hydrogen-bond donors (Lipinski definition) is 2. The summed E-state index contributed by atoms with van der Waals surface area (Å²) in [5.74, 6) is -0.416. The summed E-state index contributed by atoms with van der Waals surface area (Å²) in [5.41, 5.74) is 0.603. The van der Waals surface area contributed by atoms with Gasteiger partial charge in [-0.1, -0.05) is 0 Å². The molecule has 7 nitrogen and oxygen atoms in total. The van der Waals surface area contributed by atoms with Crippen molar-refractivity contribution >= 4 is 17.3 Å². The monoisotopic (exact) mass is 294 g/mol. The maximum Gasteiger partial charge on any atom is 0.282 e. The summed E-state index contributed by atoms with van der Waals surface area (Å²) in [4.78, 5) is 24.6. The first-order chi connectivity index (χ1) is 9.95. The van der Waals surface area contributed by atoms with Crippen LogP contribution in [0.1, 0.15) is 23.7 Å². The zero-order chi connectivity index (χ0) is 15.8. The van der Waals surface area contributed by atoms with Crippen LogP contribution in [-0.2, 0) is 0 Å². The van der Waals surface area contributed by atoms with Crippen molar-refractivity contribution in [2.75, 3.05) is 39.0 Å². The number of benzene rings is 1. The van der Waals surface area contributed by atoms with Gasteiger partial charge in [-0.3, -0.25) is 14.9 Å². The van der Waals surface area contributed by atoms with Gasteiger partial charge in [-0.25, -0.2) is 0 Å². The fourth-order valence-electron chi connectivity index (χ4n) is 1.88. The molecular weight excluding hydrogens is 272 g/mol. The van der Waals surface area contributed by atoms with Gasteiger partial charge < -0.3 is 15.5 Å².